The third-order valence-electron chi connectivity index (χ3n) is 7.82. The standard InChI is InChI=1S/C28H30Si.2ClH.Zr/c1-29(2,25-15-7-11-21-17-19-9-3-5-13-23(19)27(21)25)26-16-8-12-22-18-20-10-4-6-14-24(20)28(22)26;;;/h7-8,11-12,15-18H,3-6,9-10,13-14H2,1-2H3;2*1H;/q-2;;;+4/p-2. The van der Waals surface area contributed by atoms with Crippen LogP contribution in [0.3, 0.4) is 0 Å². The monoisotopic (exact) mass is 554 g/mol. The zero-order valence-electron chi connectivity index (χ0n) is 19.0. The molecule has 0 saturated carbocycles. The summed E-state index contributed by atoms with van der Waals surface area (Å²) >= 11 is 0. The summed E-state index contributed by atoms with van der Waals surface area (Å²) in [6.45, 7) is 5.20. The third kappa shape index (κ3) is 3.94. The van der Waals surface area contributed by atoms with Gasteiger partial charge in [-0.3, -0.25) is 0 Å². The normalized spacial score (nSPS) is 15.3. The van der Waals surface area contributed by atoms with Crippen molar-refractivity contribution >= 4 is 40.0 Å². The van der Waals surface area contributed by atoms with E-state index in [1.54, 1.807) is 43.4 Å². The number of hydrogen-bond donors (Lipinski definition) is 0. The Balaban J connectivity index is 0.000000963. The minimum absolute atomic E-state index is 0. The second-order valence-electron chi connectivity index (χ2n) is 9.88. The first kappa shape index (κ1) is 26.0. The Morgan fingerprint density at radius 1 is 0.625 bits per heavy atom. The van der Waals surface area contributed by atoms with Crippen LogP contribution in [-0.4, -0.2) is 8.07 Å². The molecule has 0 bridgehead atoms. The van der Waals surface area contributed by atoms with Gasteiger partial charge in [-0.15, -0.1) is 69.1 Å². The maximum Gasteiger partial charge on any atom is 4.00 e. The molecule has 0 saturated heterocycles. The third-order valence-corrected chi connectivity index (χ3v) is 11.4. The fourth-order valence-electron chi connectivity index (χ4n) is 6.36. The Hall–Kier alpha value is -0.660. The quantitative estimate of drug-likeness (QED) is 0.241. The van der Waals surface area contributed by atoms with Crippen molar-refractivity contribution in [2.45, 2.75) is 64.5 Å². The van der Waals surface area contributed by atoms with Gasteiger partial charge < -0.3 is 24.8 Å². The van der Waals surface area contributed by atoms with Crippen LogP contribution in [0, 0.1) is 0 Å². The van der Waals surface area contributed by atoms with Gasteiger partial charge in [-0.1, -0.05) is 74.1 Å². The number of halogens is 2. The molecule has 4 heteroatoms. The molecule has 4 aromatic rings. The van der Waals surface area contributed by atoms with Crippen molar-refractivity contribution in [2.24, 2.45) is 0 Å². The zero-order valence-corrected chi connectivity index (χ0v) is 24.0. The van der Waals surface area contributed by atoms with E-state index >= 15 is 0 Å². The van der Waals surface area contributed by atoms with Crippen LogP contribution in [-0.2, 0) is 51.9 Å². The molecular formula is C28H30Cl2SiZr. The summed E-state index contributed by atoms with van der Waals surface area (Å²) in [4.78, 5) is 0. The van der Waals surface area contributed by atoms with Gasteiger partial charge in [-0.05, 0) is 12.8 Å². The Kier molecular flexibility index (Phi) is 8.04. The first-order valence-electron chi connectivity index (χ1n) is 11.6. The summed E-state index contributed by atoms with van der Waals surface area (Å²) in [6.07, 6.45) is 10.5. The van der Waals surface area contributed by atoms with Crippen LogP contribution in [0.15, 0.2) is 48.5 Å². The van der Waals surface area contributed by atoms with Crippen LogP contribution in [0.5, 0.6) is 0 Å². The van der Waals surface area contributed by atoms with E-state index in [0.717, 1.165) is 0 Å². The van der Waals surface area contributed by atoms with E-state index in [9.17, 15) is 0 Å². The number of aryl methyl sites for hydroxylation is 4. The second-order valence-corrected chi connectivity index (χ2v) is 14.2. The van der Waals surface area contributed by atoms with Gasteiger partial charge in [0.1, 0.15) is 0 Å². The summed E-state index contributed by atoms with van der Waals surface area (Å²) in [5.74, 6) is 0. The Bertz CT molecular complexity index is 1150. The Morgan fingerprint density at radius 3 is 1.47 bits per heavy atom. The topological polar surface area (TPSA) is 0 Å². The SMILES string of the molecule is C[Si](C)(c1cccc2[cH-]c3c(c12)CCCC3)c1cccc2[cH-]c3c(c12)CCCC3.[Cl-].[Cl-].[Zr+4]. The molecule has 2 aliphatic rings. The molecule has 0 nitrogen and oxygen atoms in total. The minimum Gasteiger partial charge on any atom is -1.00 e. The van der Waals surface area contributed by atoms with Crippen LogP contribution >= 0.6 is 0 Å². The molecule has 0 N–H and O–H groups in total. The maximum atomic E-state index is 2.60. The summed E-state index contributed by atoms with van der Waals surface area (Å²) in [6, 6.07) is 19.3. The molecule has 2 aliphatic carbocycles. The number of benzene rings is 2. The van der Waals surface area contributed by atoms with E-state index in [1.165, 1.54) is 62.1 Å². The minimum atomic E-state index is -1.83. The van der Waals surface area contributed by atoms with E-state index in [4.69, 9.17) is 0 Å². The van der Waals surface area contributed by atoms with Gasteiger partial charge in [0, 0.05) is 0 Å². The average Bonchev–Trinajstić information content (AvgIpc) is 3.31. The van der Waals surface area contributed by atoms with Crippen molar-refractivity contribution in [3.05, 3.63) is 70.8 Å². The molecule has 0 unspecified atom stereocenters. The van der Waals surface area contributed by atoms with E-state index in [1.807, 2.05) is 0 Å². The number of hydrogen-bond acceptors (Lipinski definition) is 0. The van der Waals surface area contributed by atoms with Crippen molar-refractivity contribution < 1.29 is 51.0 Å². The Morgan fingerprint density at radius 2 is 1.03 bits per heavy atom. The fourth-order valence-corrected chi connectivity index (χ4v) is 9.52. The molecule has 6 rings (SSSR count). The zero-order chi connectivity index (χ0) is 19.6. The van der Waals surface area contributed by atoms with Gasteiger partial charge in [0.2, 0.25) is 0 Å². The van der Waals surface area contributed by atoms with E-state index in [2.05, 4.69) is 61.6 Å². The summed E-state index contributed by atoms with van der Waals surface area (Å²) in [5, 5.41) is 9.55. The molecule has 32 heavy (non-hydrogen) atoms. The second kappa shape index (κ2) is 9.91. The molecule has 0 amide bonds. The summed E-state index contributed by atoms with van der Waals surface area (Å²) in [5.41, 5.74) is 6.62. The van der Waals surface area contributed by atoms with E-state index in [-0.39, 0.29) is 51.0 Å². The van der Waals surface area contributed by atoms with Gasteiger partial charge in [-0.25, -0.2) is 0 Å². The van der Waals surface area contributed by atoms with Gasteiger partial charge >= 0.3 is 26.2 Å². The van der Waals surface area contributed by atoms with Gasteiger partial charge in [-0.2, -0.15) is 11.1 Å². The van der Waals surface area contributed by atoms with Crippen LogP contribution in [0.1, 0.15) is 47.9 Å². The van der Waals surface area contributed by atoms with Crippen molar-refractivity contribution in [1.29, 1.82) is 0 Å². The predicted octanol–water partition coefficient (Wildman–Crippen LogP) is 0.0165. The molecule has 0 aliphatic heterocycles. The van der Waals surface area contributed by atoms with E-state index < -0.39 is 8.07 Å². The molecule has 0 radical (unpaired) electrons. The van der Waals surface area contributed by atoms with Crippen molar-refractivity contribution in [2.75, 3.05) is 0 Å². The molecule has 0 heterocycles. The number of fused-ring (bicyclic) bond motifs is 6. The number of rotatable bonds is 2. The molecule has 0 atom stereocenters. The predicted molar refractivity (Wildman–Crippen MR) is 129 cm³/mol. The fraction of sp³-hybridized carbons (Fsp3) is 0.357. The smallest absolute Gasteiger partial charge is 1.00 e. The van der Waals surface area contributed by atoms with Gasteiger partial charge in [0.15, 0.2) is 0 Å². The van der Waals surface area contributed by atoms with E-state index in [0.29, 0.717) is 0 Å². The van der Waals surface area contributed by atoms with Gasteiger partial charge in [0.25, 0.3) is 0 Å². The van der Waals surface area contributed by atoms with Crippen LogP contribution in [0.4, 0.5) is 0 Å². The molecular weight excluding hydrogens is 527 g/mol. The summed E-state index contributed by atoms with van der Waals surface area (Å²) < 4.78 is 0. The van der Waals surface area contributed by atoms with Crippen molar-refractivity contribution in [3.8, 4) is 0 Å². The van der Waals surface area contributed by atoms with Crippen LogP contribution in [0.2, 0.25) is 13.1 Å². The first-order chi connectivity index (χ1) is 14.1. The van der Waals surface area contributed by atoms with Crippen LogP contribution in [0.25, 0.3) is 21.5 Å². The molecule has 4 aromatic carbocycles. The summed E-state index contributed by atoms with van der Waals surface area (Å²) in [7, 11) is -1.83. The molecule has 0 spiro atoms. The van der Waals surface area contributed by atoms with Crippen molar-refractivity contribution in [3.63, 3.8) is 0 Å². The largest absolute Gasteiger partial charge is 4.00 e. The average molecular weight is 557 g/mol. The molecule has 0 aromatic heterocycles. The molecule has 0 fully saturated rings. The van der Waals surface area contributed by atoms with Gasteiger partial charge in [0.05, 0.1) is 8.07 Å². The maximum absolute atomic E-state index is 2.60. The molecule has 164 valence electrons. The van der Waals surface area contributed by atoms with Crippen LogP contribution < -0.4 is 35.2 Å². The van der Waals surface area contributed by atoms with Crippen molar-refractivity contribution in [1.82, 2.24) is 0 Å². The Labute approximate surface area is 224 Å². The first-order valence-corrected chi connectivity index (χ1v) is 14.6.